The Balaban J connectivity index is 1.89. The lowest BCUT2D eigenvalue weighted by molar-refractivity contribution is -0.223. The van der Waals surface area contributed by atoms with Gasteiger partial charge in [0.15, 0.2) is 6.29 Å². The third-order valence-electron chi connectivity index (χ3n) is 4.63. The molecule has 0 saturated carbocycles. The van der Waals surface area contributed by atoms with E-state index in [9.17, 15) is 10.1 Å². The van der Waals surface area contributed by atoms with Gasteiger partial charge in [0.05, 0.1) is 19.3 Å². The summed E-state index contributed by atoms with van der Waals surface area (Å²) >= 11 is 0. The minimum Gasteiger partial charge on any atom is -0.425 e. The minimum absolute atomic E-state index is 0.00765. The van der Waals surface area contributed by atoms with Crippen molar-refractivity contribution in [3.05, 3.63) is 29.8 Å². The van der Waals surface area contributed by atoms with Gasteiger partial charge in [0.2, 0.25) is 5.41 Å². The van der Waals surface area contributed by atoms with Crippen LogP contribution in [-0.2, 0) is 20.7 Å². The number of benzene rings is 1. The molecule has 0 aliphatic carbocycles. The molecule has 0 aromatic heterocycles. The fourth-order valence-electron chi connectivity index (χ4n) is 2.83. The van der Waals surface area contributed by atoms with E-state index in [2.05, 4.69) is 13.8 Å². The zero-order chi connectivity index (χ0) is 18.8. The smallest absolute Gasteiger partial charge is 0.336 e. The van der Waals surface area contributed by atoms with Gasteiger partial charge in [-0.3, -0.25) is 0 Å². The Morgan fingerprint density at radius 2 is 1.81 bits per heavy atom. The Labute approximate surface area is 156 Å². The van der Waals surface area contributed by atoms with Crippen LogP contribution in [0.15, 0.2) is 24.3 Å². The lowest BCUT2D eigenvalue weighted by Crippen LogP contribution is -2.48. The van der Waals surface area contributed by atoms with Crippen molar-refractivity contribution in [3.63, 3.8) is 0 Å². The first-order chi connectivity index (χ1) is 12.6. The summed E-state index contributed by atoms with van der Waals surface area (Å²) in [5, 5.41) is 9.52. The zero-order valence-corrected chi connectivity index (χ0v) is 15.8. The number of aryl methyl sites for hydroxylation is 1. The fraction of sp³-hybridized carbons (Fsp3) is 0.619. The number of nitriles is 1. The molecule has 1 heterocycles. The van der Waals surface area contributed by atoms with Gasteiger partial charge in [-0.05, 0) is 43.4 Å². The van der Waals surface area contributed by atoms with Crippen molar-refractivity contribution in [2.75, 3.05) is 13.2 Å². The first-order valence-corrected chi connectivity index (χ1v) is 9.59. The van der Waals surface area contributed by atoms with E-state index in [4.69, 9.17) is 14.2 Å². The van der Waals surface area contributed by atoms with Gasteiger partial charge in [-0.15, -0.1) is 0 Å². The van der Waals surface area contributed by atoms with Crippen molar-refractivity contribution < 1.29 is 19.0 Å². The quantitative estimate of drug-likeness (QED) is 0.371. The molecule has 0 N–H and O–H groups in total. The molecule has 0 amide bonds. The first kappa shape index (κ1) is 20.4. The second kappa shape index (κ2) is 10.3. The lowest BCUT2D eigenvalue weighted by Gasteiger charge is -2.33. The van der Waals surface area contributed by atoms with Crippen LogP contribution in [0.25, 0.3) is 0 Å². The van der Waals surface area contributed by atoms with Gasteiger partial charge in [0.1, 0.15) is 5.75 Å². The highest BCUT2D eigenvalue weighted by Crippen LogP contribution is 2.28. The van der Waals surface area contributed by atoms with E-state index in [1.54, 1.807) is 12.1 Å². The molecule has 0 atom stereocenters. The van der Waals surface area contributed by atoms with Crippen molar-refractivity contribution in [1.82, 2.24) is 0 Å². The summed E-state index contributed by atoms with van der Waals surface area (Å²) in [5.74, 6) is -0.178. The number of unbranched alkanes of at least 4 members (excludes halogenated alkanes) is 3. The van der Waals surface area contributed by atoms with Crippen molar-refractivity contribution in [3.8, 4) is 11.8 Å². The summed E-state index contributed by atoms with van der Waals surface area (Å²) in [7, 11) is 0. The molecular formula is C21H29NO4. The van der Waals surface area contributed by atoms with E-state index in [1.807, 2.05) is 18.2 Å². The predicted octanol–water partition coefficient (Wildman–Crippen LogP) is 4.40. The summed E-state index contributed by atoms with van der Waals surface area (Å²) in [6.45, 7) is 4.30. The molecule has 5 nitrogen and oxygen atoms in total. The number of hydrogen-bond donors (Lipinski definition) is 0. The van der Waals surface area contributed by atoms with Crippen LogP contribution in [-0.4, -0.2) is 25.5 Å². The number of nitrogens with zero attached hydrogens (tertiary/aromatic N) is 1. The maximum absolute atomic E-state index is 12.5. The Kier molecular flexibility index (Phi) is 8.08. The number of rotatable bonds is 9. The van der Waals surface area contributed by atoms with Gasteiger partial charge < -0.3 is 14.2 Å². The second-order valence-corrected chi connectivity index (χ2v) is 6.88. The maximum atomic E-state index is 12.5. The van der Waals surface area contributed by atoms with Crippen LogP contribution < -0.4 is 4.74 Å². The second-order valence-electron chi connectivity index (χ2n) is 6.88. The third-order valence-corrected chi connectivity index (χ3v) is 4.63. The largest absolute Gasteiger partial charge is 0.425 e. The molecular weight excluding hydrogens is 330 g/mol. The molecule has 1 aromatic rings. The van der Waals surface area contributed by atoms with Crippen molar-refractivity contribution >= 4 is 5.97 Å². The summed E-state index contributed by atoms with van der Waals surface area (Å²) in [5.41, 5.74) is -0.191. The highest BCUT2D eigenvalue weighted by Gasteiger charge is 2.46. The van der Waals surface area contributed by atoms with Gasteiger partial charge in [-0.25, -0.2) is 4.79 Å². The topological polar surface area (TPSA) is 68.5 Å². The number of hydrogen-bond acceptors (Lipinski definition) is 5. The third kappa shape index (κ3) is 5.55. The first-order valence-electron chi connectivity index (χ1n) is 9.59. The van der Waals surface area contributed by atoms with Gasteiger partial charge in [0.25, 0.3) is 0 Å². The average molecular weight is 359 g/mol. The van der Waals surface area contributed by atoms with Crippen LogP contribution in [0.5, 0.6) is 5.75 Å². The van der Waals surface area contributed by atoms with Crippen LogP contribution in [0.3, 0.4) is 0 Å². The van der Waals surface area contributed by atoms with Crippen LogP contribution in [0.2, 0.25) is 0 Å². The number of esters is 1. The molecule has 0 spiro atoms. The molecule has 0 bridgehead atoms. The molecule has 2 rings (SSSR count). The molecule has 1 aromatic carbocycles. The molecule has 1 saturated heterocycles. The predicted molar refractivity (Wildman–Crippen MR) is 98.6 cm³/mol. The Morgan fingerprint density at radius 3 is 2.38 bits per heavy atom. The van der Waals surface area contributed by atoms with E-state index in [0.29, 0.717) is 5.75 Å². The van der Waals surface area contributed by atoms with E-state index in [0.717, 1.165) is 44.9 Å². The lowest BCUT2D eigenvalue weighted by atomic mass is 9.91. The van der Waals surface area contributed by atoms with Gasteiger partial charge in [-0.1, -0.05) is 45.2 Å². The Bertz CT molecular complexity index is 597. The molecule has 1 aliphatic rings. The fourth-order valence-corrected chi connectivity index (χ4v) is 2.83. The van der Waals surface area contributed by atoms with E-state index >= 15 is 0 Å². The van der Waals surface area contributed by atoms with Crippen molar-refractivity contribution in [2.24, 2.45) is 5.41 Å². The van der Waals surface area contributed by atoms with Crippen LogP contribution in [0.1, 0.15) is 57.9 Å². The summed E-state index contributed by atoms with van der Waals surface area (Å²) in [4.78, 5) is 12.5. The summed E-state index contributed by atoms with van der Waals surface area (Å²) < 4.78 is 16.6. The molecule has 1 fully saturated rings. The van der Waals surface area contributed by atoms with Crippen molar-refractivity contribution in [2.45, 2.75) is 65.1 Å². The number of carbonyl (C=O) groups excluding carboxylic acids is 1. The number of ether oxygens (including phenoxy) is 3. The van der Waals surface area contributed by atoms with E-state index < -0.39 is 11.4 Å². The molecule has 0 unspecified atom stereocenters. The molecule has 1 aliphatic heterocycles. The maximum Gasteiger partial charge on any atom is 0.336 e. The Hall–Kier alpha value is -1.90. The molecule has 26 heavy (non-hydrogen) atoms. The van der Waals surface area contributed by atoms with Crippen LogP contribution in [0.4, 0.5) is 0 Å². The molecule has 5 heteroatoms. The van der Waals surface area contributed by atoms with Gasteiger partial charge >= 0.3 is 5.97 Å². The van der Waals surface area contributed by atoms with Gasteiger partial charge in [0, 0.05) is 0 Å². The zero-order valence-electron chi connectivity index (χ0n) is 15.8. The van der Waals surface area contributed by atoms with Crippen molar-refractivity contribution in [1.29, 1.82) is 5.26 Å². The standard InChI is InChI=1S/C21H29NO4/c1-3-5-7-9-19-24-15-21(14-22,16-25-19)20(23)26-18-12-10-17(11-13-18)8-6-4-2/h10-13,19H,3-9,15-16H2,1-2H3. The summed E-state index contributed by atoms with van der Waals surface area (Å²) in [6.07, 6.45) is 6.97. The normalized spacial score (nSPS) is 22.6. The monoisotopic (exact) mass is 359 g/mol. The molecule has 0 radical (unpaired) electrons. The van der Waals surface area contributed by atoms with Crippen LogP contribution in [0, 0.1) is 16.7 Å². The SMILES string of the molecule is CCCCCC1OCC(C#N)(C(=O)Oc2ccc(CCCC)cc2)CO1. The Morgan fingerprint density at radius 1 is 1.15 bits per heavy atom. The summed E-state index contributed by atoms with van der Waals surface area (Å²) in [6, 6.07) is 9.49. The highest BCUT2D eigenvalue weighted by molar-refractivity contribution is 5.82. The van der Waals surface area contributed by atoms with Crippen LogP contribution >= 0.6 is 0 Å². The van der Waals surface area contributed by atoms with E-state index in [-0.39, 0.29) is 19.5 Å². The molecule has 142 valence electrons. The van der Waals surface area contributed by atoms with Gasteiger partial charge in [-0.2, -0.15) is 5.26 Å². The number of carbonyl (C=O) groups is 1. The average Bonchev–Trinajstić information content (AvgIpc) is 2.68. The minimum atomic E-state index is -1.40. The highest BCUT2D eigenvalue weighted by atomic mass is 16.7. The van der Waals surface area contributed by atoms with E-state index in [1.165, 1.54) is 5.56 Å².